The minimum absolute atomic E-state index is 0.0436. The largest absolute Gasteiger partial charge is 0.391 e. The summed E-state index contributed by atoms with van der Waals surface area (Å²) in [5, 5.41) is 9.70. The predicted molar refractivity (Wildman–Crippen MR) is 62.0 cm³/mol. The van der Waals surface area contributed by atoms with E-state index in [4.69, 9.17) is 0 Å². The van der Waals surface area contributed by atoms with Crippen molar-refractivity contribution in [1.82, 2.24) is 4.90 Å². The first-order valence-corrected chi connectivity index (χ1v) is 5.98. The lowest BCUT2D eigenvalue weighted by Crippen LogP contribution is -2.35. The number of aliphatic hydroxyl groups excluding tert-OH is 1. The van der Waals surface area contributed by atoms with Gasteiger partial charge in [0, 0.05) is 19.7 Å². The van der Waals surface area contributed by atoms with E-state index in [1.807, 2.05) is 0 Å². The number of carbonyl (C=O) groups is 1. The number of rotatable bonds is 4. The van der Waals surface area contributed by atoms with Gasteiger partial charge in [-0.25, -0.2) is 13.2 Å². The van der Waals surface area contributed by atoms with Gasteiger partial charge in [-0.2, -0.15) is 0 Å². The molecule has 104 valence electrons. The molecule has 0 heterocycles. The Morgan fingerprint density at radius 1 is 1.32 bits per heavy atom. The monoisotopic (exact) mass is 273 g/mol. The van der Waals surface area contributed by atoms with Crippen LogP contribution in [0.25, 0.3) is 0 Å². The topological polar surface area (TPSA) is 40.5 Å². The molecule has 6 heteroatoms. The van der Waals surface area contributed by atoms with E-state index in [9.17, 15) is 23.1 Å². The molecule has 1 amide bonds. The molecular formula is C13H14F3NO2. The number of hydrogen-bond donors (Lipinski definition) is 1. The fourth-order valence-electron chi connectivity index (χ4n) is 1.89. The number of likely N-dealkylation sites (N-methyl/N-ethyl adjacent to an activating group) is 1. The Labute approximate surface area is 108 Å². The van der Waals surface area contributed by atoms with E-state index in [0.29, 0.717) is 12.1 Å². The van der Waals surface area contributed by atoms with Crippen LogP contribution in [0.5, 0.6) is 0 Å². The molecule has 19 heavy (non-hydrogen) atoms. The Balaban J connectivity index is 2.11. The molecule has 0 aromatic heterocycles. The quantitative estimate of drug-likeness (QED) is 0.852. The summed E-state index contributed by atoms with van der Waals surface area (Å²) in [7, 11) is 1.38. The van der Waals surface area contributed by atoms with E-state index in [-0.39, 0.29) is 12.5 Å². The molecule has 1 N–H and O–H groups in total. The lowest BCUT2D eigenvalue weighted by Gasteiger charge is -2.21. The van der Waals surface area contributed by atoms with Crippen LogP contribution in [0.4, 0.5) is 13.2 Å². The molecule has 0 aliphatic heterocycles. The molecule has 1 aromatic rings. The normalized spacial score (nSPS) is 16.3. The van der Waals surface area contributed by atoms with Gasteiger partial charge >= 0.3 is 0 Å². The summed E-state index contributed by atoms with van der Waals surface area (Å²) >= 11 is 0. The van der Waals surface area contributed by atoms with Gasteiger partial charge in [0.1, 0.15) is 5.82 Å². The lowest BCUT2D eigenvalue weighted by molar-refractivity contribution is 0.0640. The zero-order chi connectivity index (χ0) is 14.2. The molecule has 1 aliphatic rings. The van der Waals surface area contributed by atoms with Crippen molar-refractivity contribution in [3.8, 4) is 0 Å². The SMILES string of the molecule is CN(CC(O)C1CC1)C(=O)c1cc(F)c(F)cc1F. The van der Waals surface area contributed by atoms with Crippen LogP contribution in [0.15, 0.2) is 12.1 Å². The smallest absolute Gasteiger partial charge is 0.256 e. The molecular weight excluding hydrogens is 259 g/mol. The molecule has 0 spiro atoms. The minimum atomic E-state index is -1.34. The number of aliphatic hydroxyl groups is 1. The third kappa shape index (κ3) is 3.07. The molecule has 0 radical (unpaired) electrons. The van der Waals surface area contributed by atoms with Crippen LogP contribution in [0.3, 0.4) is 0 Å². The first kappa shape index (κ1) is 13.9. The van der Waals surface area contributed by atoms with Crippen LogP contribution in [-0.2, 0) is 0 Å². The van der Waals surface area contributed by atoms with E-state index in [1.165, 1.54) is 7.05 Å². The third-order valence-corrected chi connectivity index (χ3v) is 3.21. The fourth-order valence-corrected chi connectivity index (χ4v) is 1.89. The zero-order valence-electron chi connectivity index (χ0n) is 10.4. The Morgan fingerprint density at radius 2 is 1.89 bits per heavy atom. The average molecular weight is 273 g/mol. The van der Waals surface area contributed by atoms with Gasteiger partial charge < -0.3 is 10.0 Å². The van der Waals surface area contributed by atoms with E-state index in [0.717, 1.165) is 17.7 Å². The van der Waals surface area contributed by atoms with Crippen molar-refractivity contribution >= 4 is 5.91 Å². The summed E-state index contributed by atoms with van der Waals surface area (Å²) in [6.07, 6.45) is 1.15. The minimum Gasteiger partial charge on any atom is -0.391 e. The average Bonchev–Trinajstić information content (AvgIpc) is 3.16. The lowest BCUT2D eigenvalue weighted by atomic mass is 10.1. The van der Waals surface area contributed by atoms with Gasteiger partial charge in [0.2, 0.25) is 0 Å². The summed E-state index contributed by atoms with van der Waals surface area (Å²) in [6, 6.07) is 0.876. The molecule has 1 aliphatic carbocycles. The van der Waals surface area contributed by atoms with Gasteiger partial charge in [-0.1, -0.05) is 0 Å². The molecule has 1 unspecified atom stereocenters. The first-order valence-electron chi connectivity index (χ1n) is 5.98. The van der Waals surface area contributed by atoms with Gasteiger partial charge in [0.15, 0.2) is 11.6 Å². The van der Waals surface area contributed by atoms with E-state index in [2.05, 4.69) is 0 Å². The first-order chi connectivity index (χ1) is 8.90. The summed E-state index contributed by atoms with van der Waals surface area (Å²) < 4.78 is 39.2. The second-order valence-corrected chi connectivity index (χ2v) is 4.84. The zero-order valence-corrected chi connectivity index (χ0v) is 10.4. The second kappa shape index (κ2) is 5.21. The van der Waals surface area contributed by atoms with Crippen LogP contribution in [0.1, 0.15) is 23.2 Å². The summed E-state index contributed by atoms with van der Waals surface area (Å²) in [6.45, 7) is 0.0436. The van der Waals surface area contributed by atoms with Crippen molar-refractivity contribution < 1.29 is 23.1 Å². The maximum absolute atomic E-state index is 13.4. The number of carbonyl (C=O) groups excluding carboxylic acids is 1. The number of nitrogens with zero attached hydrogens (tertiary/aromatic N) is 1. The van der Waals surface area contributed by atoms with Crippen molar-refractivity contribution in [2.45, 2.75) is 18.9 Å². The van der Waals surface area contributed by atoms with Gasteiger partial charge in [-0.3, -0.25) is 4.79 Å². The second-order valence-electron chi connectivity index (χ2n) is 4.84. The number of halogens is 3. The van der Waals surface area contributed by atoms with E-state index < -0.39 is 35.0 Å². The summed E-state index contributed by atoms with van der Waals surface area (Å²) in [4.78, 5) is 13.0. The standard InChI is InChI=1S/C13H14F3NO2/c1-17(6-12(18)7-2-3-7)13(19)8-4-10(15)11(16)5-9(8)14/h4-5,7,12,18H,2-3,6H2,1H3. The van der Waals surface area contributed by atoms with E-state index >= 15 is 0 Å². The van der Waals surface area contributed by atoms with Crippen molar-refractivity contribution in [2.24, 2.45) is 5.92 Å². The number of benzene rings is 1. The Kier molecular flexibility index (Phi) is 3.80. The van der Waals surface area contributed by atoms with Crippen LogP contribution in [0, 0.1) is 23.4 Å². The van der Waals surface area contributed by atoms with Crippen LogP contribution in [0.2, 0.25) is 0 Å². The molecule has 2 rings (SSSR count). The molecule has 1 atom stereocenters. The third-order valence-electron chi connectivity index (χ3n) is 3.21. The van der Waals surface area contributed by atoms with Gasteiger partial charge in [-0.05, 0) is 24.8 Å². The highest BCUT2D eigenvalue weighted by Crippen LogP contribution is 2.32. The van der Waals surface area contributed by atoms with Gasteiger partial charge in [-0.15, -0.1) is 0 Å². The molecule has 3 nitrogen and oxygen atoms in total. The highest BCUT2D eigenvalue weighted by atomic mass is 19.2. The van der Waals surface area contributed by atoms with Gasteiger partial charge in [0.05, 0.1) is 11.7 Å². The molecule has 0 bridgehead atoms. The molecule has 1 aromatic carbocycles. The number of amides is 1. The fraction of sp³-hybridized carbons (Fsp3) is 0.462. The molecule has 1 fully saturated rings. The Bertz CT molecular complexity index is 503. The van der Waals surface area contributed by atoms with Crippen LogP contribution >= 0.6 is 0 Å². The van der Waals surface area contributed by atoms with Crippen molar-refractivity contribution in [3.05, 3.63) is 35.1 Å². The molecule has 0 saturated heterocycles. The van der Waals surface area contributed by atoms with Crippen molar-refractivity contribution in [3.63, 3.8) is 0 Å². The van der Waals surface area contributed by atoms with Crippen molar-refractivity contribution in [1.29, 1.82) is 0 Å². The van der Waals surface area contributed by atoms with Gasteiger partial charge in [0.25, 0.3) is 5.91 Å². The Hall–Kier alpha value is -1.56. The van der Waals surface area contributed by atoms with E-state index in [1.54, 1.807) is 0 Å². The maximum Gasteiger partial charge on any atom is 0.256 e. The number of hydrogen-bond acceptors (Lipinski definition) is 2. The van der Waals surface area contributed by atoms with Crippen molar-refractivity contribution in [2.75, 3.05) is 13.6 Å². The molecule has 1 saturated carbocycles. The highest BCUT2D eigenvalue weighted by Gasteiger charge is 2.31. The highest BCUT2D eigenvalue weighted by molar-refractivity contribution is 5.94. The van der Waals surface area contributed by atoms with Crippen LogP contribution < -0.4 is 0 Å². The van der Waals surface area contributed by atoms with Crippen LogP contribution in [-0.4, -0.2) is 35.6 Å². The summed E-state index contributed by atoms with van der Waals surface area (Å²) in [5.74, 6) is -4.34. The summed E-state index contributed by atoms with van der Waals surface area (Å²) in [5.41, 5.74) is -0.538. The predicted octanol–water partition coefficient (Wildman–Crippen LogP) is 1.95. The Morgan fingerprint density at radius 3 is 2.47 bits per heavy atom. The maximum atomic E-state index is 13.4.